The van der Waals surface area contributed by atoms with Gasteiger partial charge in [-0.3, -0.25) is 35.3 Å². The maximum Gasteiger partial charge on any atom is 0.270 e. The second-order valence-corrected chi connectivity index (χ2v) is 5.54. The predicted molar refractivity (Wildman–Crippen MR) is 87.1 cm³/mol. The van der Waals surface area contributed by atoms with Gasteiger partial charge in [-0.25, -0.2) is 0 Å². The Bertz CT molecular complexity index is 864. The summed E-state index contributed by atoms with van der Waals surface area (Å²) in [5.41, 5.74) is 3.67. The van der Waals surface area contributed by atoms with Crippen LogP contribution in [0.4, 0.5) is 5.69 Å². The average molecular weight is 395 g/mol. The number of hydrogen-bond acceptors (Lipinski definition) is 5. The van der Waals surface area contributed by atoms with Crippen LogP contribution >= 0.6 is 15.9 Å². The molecule has 1 heterocycles. The summed E-state index contributed by atoms with van der Waals surface area (Å²) in [4.78, 5) is 45.3. The number of rotatable bonds is 4. The van der Waals surface area contributed by atoms with E-state index < -0.39 is 16.7 Å². The lowest BCUT2D eigenvalue weighted by molar-refractivity contribution is -0.384. The Morgan fingerprint density at radius 2 is 1.96 bits per heavy atom. The standard InChI is InChI=1S/C14H11BrN4O5/c15-10-4-5-13(21)18(7-10)8-12(20)16-17-14(22)9-2-1-3-11(6-9)19(23)24/h1-7H,8H2,(H,16,20)(H,17,22). The van der Waals surface area contributed by atoms with Crippen LogP contribution in [-0.2, 0) is 11.3 Å². The second kappa shape index (κ2) is 7.51. The Labute approximate surface area is 143 Å². The highest BCUT2D eigenvalue weighted by molar-refractivity contribution is 9.10. The number of nitrogens with one attached hydrogen (secondary N) is 2. The highest BCUT2D eigenvalue weighted by Gasteiger charge is 2.12. The van der Waals surface area contributed by atoms with Crippen LogP contribution in [0.15, 0.2) is 51.9 Å². The van der Waals surface area contributed by atoms with E-state index in [4.69, 9.17) is 0 Å². The molecule has 0 bridgehead atoms. The van der Waals surface area contributed by atoms with Gasteiger partial charge in [-0.2, -0.15) is 0 Å². The Morgan fingerprint density at radius 1 is 1.21 bits per heavy atom. The molecule has 2 aromatic rings. The molecule has 2 N–H and O–H groups in total. The molecule has 0 aliphatic heterocycles. The van der Waals surface area contributed by atoms with Crippen molar-refractivity contribution in [2.45, 2.75) is 6.54 Å². The van der Waals surface area contributed by atoms with Crippen molar-refractivity contribution in [3.8, 4) is 0 Å². The lowest BCUT2D eigenvalue weighted by Crippen LogP contribution is -2.44. The fourth-order valence-corrected chi connectivity index (χ4v) is 2.16. The van der Waals surface area contributed by atoms with Gasteiger partial charge in [0.05, 0.1) is 4.92 Å². The summed E-state index contributed by atoms with van der Waals surface area (Å²) < 4.78 is 1.77. The molecule has 0 saturated heterocycles. The van der Waals surface area contributed by atoms with Crippen molar-refractivity contribution < 1.29 is 14.5 Å². The van der Waals surface area contributed by atoms with Crippen LogP contribution in [0.5, 0.6) is 0 Å². The lowest BCUT2D eigenvalue weighted by atomic mass is 10.2. The van der Waals surface area contributed by atoms with Crippen LogP contribution in [0.25, 0.3) is 0 Å². The number of hydrogen-bond donors (Lipinski definition) is 2. The third kappa shape index (κ3) is 4.49. The van der Waals surface area contributed by atoms with E-state index in [9.17, 15) is 24.5 Å². The summed E-state index contributed by atoms with van der Waals surface area (Å²) in [5.74, 6) is -1.34. The van der Waals surface area contributed by atoms with Crippen LogP contribution in [0.1, 0.15) is 10.4 Å². The van der Waals surface area contributed by atoms with E-state index in [1.54, 1.807) is 6.07 Å². The van der Waals surface area contributed by atoms with Crippen LogP contribution in [0.3, 0.4) is 0 Å². The van der Waals surface area contributed by atoms with E-state index in [1.807, 2.05) is 0 Å². The summed E-state index contributed by atoms with van der Waals surface area (Å²) in [7, 11) is 0. The van der Waals surface area contributed by atoms with Gasteiger partial charge in [0, 0.05) is 34.4 Å². The summed E-state index contributed by atoms with van der Waals surface area (Å²) >= 11 is 3.18. The fraction of sp³-hybridized carbons (Fsp3) is 0.0714. The molecule has 0 fully saturated rings. The quantitative estimate of drug-likeness (QED) is 0.590. The van der Waals surface area contributed by atoms with Gasteiger partial charge in [0.15, 0.2) is 0 Å². The molecule has 0 radical (unpaired) electrons. The Morgan fingerprint density at radius 3 is 2.67 bits per heavy atom. The number of amides is 2. The highest BCUT2D eigenvalue weighted by Crippen LogP contribution is 2.12. The molecule has 0 spiro atoms. The summed E-state index contributed by atoms with van der Waals surface area (Å²) in [5, 5.41) is 10.7. The number of halogens is 1. The zero-order valence-corrected chi connectivity index (χ0v) is 13.6. The molecule has 9 nitrogen and oxygen atoms in total. The van der Waals surface area contributed by atoms with E-state index in [-0.39, 0.29) is 23.4 Å². The number of pyridine rings is 1. The van der Waals surface area contributed by atoms with Crippen molar-refractivity contribution in [3.63, 3.8) is 0 Å². The maximum absolute atomic E-state index is 11.9. The molecule has 0 atom stereocenters. The number of carbonyl (C=O) groups excluding carboxylic acids is 2. The van der Waals surface area contributed by atoms with Crippen LogP contribution < -0.4 is 16.4 Å². The van der Waals surface area contributed by atoms with E-state index >= 15 is 0 Å². The van der Waals surface area contributed by atoms with Gasteiger partial charge in [0.25, 0.3) is 23.1 Å². The van der Waals surface area contributed by atoms with E-state index in [2.05, 4.69) is 26.8 Å². The zero-order valence-electron chi connectivity index (χ0n) is 12.1. The van der Waals surface area contributed by atoms with Gasteiger partial charge in [-0.1, -0.05) is 6.07 Å². The molecule has 24 heavy (non-hydrogen) atoms. The van der Waals surface area contributed by atoms with Gasteiger partial charge in [0.1, 0.15) is 6.54 Å². The van der Waals surface area contributed by atoms with E-state index in [0.29, 0.717) is 4.47 Å². The van der Waals surface area contributed by atoms with Crippen LogP contribution in [0, 0.1) is 10.1 Å². The first kappa shape index (κ1) is 17.3. The van der Waals surface area contributed by atoms with Crippen molar-refractivity contribution in [1.29, 1.82) is 0 Å². The SMILES string of the molecule is O=C(Cn1cc(Br)ccc1=O)NNC(=O)c1cccc([N+](=O)[O-])c1. The molecule has 0 saturated carbocycles. The number of non-ortho nitro benzene ring substituents is 1. The largest absolute Gasteiger partial charge is 0.305 e. The van der Waals surface area contributed by atoms with Gasteiger partial charge in [-0.05, 0) is 28.1 Å². The minimum Gasteiger partial charge on any atom is -0.305 e. The summed E-state index contributed by atoms with van der Waals surface area (Å²) in [6.07, 6.45) is 1.43. The first-order chi connectivity index (χ1) is 11.4. The highest BCUT2D eigenvalue weighted by atomic mass is 79.9. The second-order valence-electron chi connectivity index (χ2n) is 4.62. The van der Waals surface area contributed by atoms with Gasteiger partial charge in [-0.15, -0.1) is 0 Å². The zero-order chi connectivity index (χ0) is 17.7. The monoisotopic (exact) mass is 394 g/mol. The third-order valence-corrected chi connectivity index (χ3v) is 3.37. The first-order valence-corrected chi connectivity index (χ1v) is 7.36. The molecular formula is C14H11BrN4O5. The van der Waals surface area contributed by atoms with Crippen LogP contribution in [0.2, 0.25) is 0 Å². The first-order valence-electron chi connectivity index (χ1n) is 6.56. The molecule has 0 aliphatic rings. The van der Waals surface area contributed by atoms with Crippen molar-refractivity contribution in [3.05, 3.63) is 73.1 Å². The number of nitro groups is 1. The summed E-state index contributed by atoms with van der Waals surface area (Å²) in [6.45, 7) is -0.298. The topological polar surface area (TPSA) is 123 Å². The molecule has 2 rings (SSSR count). The number of benzene rings is 1. The minimum absolute atomic E-state index is 0.0177. The molecule has 10 heteroatoms. The minimum atomic E-state index is -0.714. The molecule has 2 amide bonds. The van der Waals surface area contributed by atoms with Gasteiger partial charge >= 0.3 is 0 Å². The smallest absolute Gasteiger partial charge is 0.270 e. The molecule has 0 unspecified atom stereocenters. The number of nitrogens with zero attached hydrogens (tertiary/aromatic N) is 2. The van der Waals surface area contributed by atoms with Gasteiger partial charge < -0.3 is 4.57 Å². The molecular weight excluding hydrogens is 384 g/mol. The van der Waals surface area contributed by atoms with Gasteiger partial charge in [0.2, 0.25) is 0 Å². The van der Waals surface area contributed by atoms with Crippen molar-refractivity contribution >= 4 is 33.4 Å². The van der Waals surface area contributed by atoms with E-state index in [1.165, 1.54) is 30.5 Å². The molecule has 1 aromatic heterocycles. The molecule has 124 valence electrons. The average Bonchev–Trinajstić information content (AvgIpc) is 2.56. The van der Waals surface area contributed by atoms with Crippen molar-refractivity contribution in [2.75, 3.05) is 0 Å². The number of nitro benzene ring substituents is 1. The van der Waals surface area contributed by atoms with Crippen LogP contribution in [-0.4, -0.2) is 21.3 Å². The Hall–Kier alpha value is -3.01. The number of hydrazine groups is 1. The predicted octanol–water partition coefficient (Wildman–Crippen LogP) is 0.980. The van der Waals surface area contributed by atoms with Crippen molar-refractivity contribution in [1.82, 2.24) is 15.4 Å². The normalized spacial score (nSPS) is 10.0. The van der Waals surface area contributed by atoms with E-state index in [0.717, 1.165) is 10.6 Å². The third-order valence-electron chi connectivity index (χ3n) is 2.90. The number of carbonyl (C=O) groups is 2. The lowest BCUT2D eigenvalue weighted by Gasteiger charge is -2.09. The number of aromatic nitrogens is 1. The maximum atomic E-state index is 11.9. The van der Waals surface area contributed by atoms with Crippen molar-refractivity contribution in [2.24, 2.45) is 0 Å². The summed E-state index contributed by atoms with van der Waals surface area (Å²) in [6, 6.07) is 7.89. The molecule has 0 aliphatic carbocycles. The Balaban J connectivity index is 1.97. The molecule has 1 aromatic carbocycles. The fourth-order valence-electron chi connectivity index (χ4n) is 1.78. The Kier molecular flexibility index (Phi) is 5.42.